The summed E-state index contributed by atoms with van der Waals surface area (Å²) < 4.78 is 0. The highest BCUT2D eigenvalue weighted by atomic mass is 16.3. The van der Waals surface area contributed by atoms with Crippen LogP contribution in [-0.2, 0) is 4.79 Å². The Bertz CT molecular complexity index is 127. The summed E-state index contributed by atoms with van der Waals surface area (Å²) in [5.41, 5.74) is -0.158. The van der Waals surface area contributed by atoms with E-state index < -0.39 is 0 Å². The molecule has 0 aromatic rings. The number of aliphatic hydroxyl groups excluding tert-OH is 1. The molecule has 2 nitrogen and oxygen atoms in total. The van der Waals surface area contributed by atoms with Crippen molar-refractivity contribution in [3.8, 4) is 0 Å². The van der Waals surface area contributed by atoms with E-state index in [1.165, 1.54) is 0 Å². The van der Waals surface area contributed by atoms with Gasteiger partial charge in [0.2, 0.25) is 0 Å². The number of hydrogen-bond donors (Lipinski definition) is 1. The molecule has 0 amide bonds. The molecule has 1 N–H and O–H groups in total. The first-order valence-electron chi connectivity index (χ1n) is 3.82. The Balaban J connectivity index is 2.54. The molecule has 10 heavy (non-hydrogen) atoms. The first-order valence-corrected chi connectivity index (χ1v) is 3.82. The highest BCUT2D eigenvalue weighted by Gasteiger charge is 2.41. The summed E-state index contributed by atoms with van der Waals surface area (Å²) in [6, 6.07) is 0. The predicted octanol–water partition coefficient (Wildman–Crippen LogP) is 0.984. The van der Waals surface area contributed by atoms with Crippen molar-refractivity contribution >= 4 is 6.29 Å². The fourth-order valence-electron chi connectivity index (χ4n) is 1.49. The van der Waals surface area contributed by atoms with Crippen molar-refractivity contribution in [2.45, 2.75) is 26.2 Å². The first-order chi connectivity index (χ1) is 4.75. The average molecular weight is 142 g/mol. The lowest BCUT2D eigenvalue weighted by molar-refractivity contribution is -0.125. The summed E-state index contributed by atoms with van der Waals surface area (Å²) in [4.78, 5) is 10.6. The molecule has 1 aliphatic carbocycles. The third-order valence-corrected chi connectivity index (χ3v) is 2.77. The number of aliphatic hydroxyl groups is 1. The van der Waals surface area contributed by atoms with Gasteiger partial charge in [-0.1, -0.05) is 13.3 Å². The Labute approximate surface area is 61.2 Å². The van der Waals surface area contributed by atoms with Crippen molar-refractivity contribution < 1.29 is 9.90 Å². The van der Waals surface area contributed by atoms with Crippen LogP contribution in [-0.4, -0.2) is 18.0 Å². The van der Waals surface area contributed by atoms with Crippen molar-refractivity contribution in [1.82, 2.24) is 0 Å². The summed E-state index contributed by atoms with van der Waals surface area (Å²) in [7, 11) is 0. The van der Waals surface area contributed by atoms with E-state index in [0.29, 0.717) is 0 Å². The van der Waals surface area contributed by atoms with Crippen LogP contribution >= 0.6 is 0 Å². The third-order valence-electron chi connectivity index (χ3n) is 2.77. The van der Waals surface area contributed by atoms with Crippen molar-refractivity contribution in [2.75, 3.05) is 6.61 Å². The van der Waals surface area contributed by atoms with Gasteiger partial charge in [-0.3, -0.25) is 0 Å². The molecular formula is C8H14O2. The van der Waals surface area contributed by atoms with E-state index in [2.05, 4.69) is 0 Å². The molecule has 1 saturated carbocycles. The monoisotopic (exact) mass is 142 g/mol. The fraction of sp³-hybridized carbons (Fsp3) is 0.875. The molecule has 0 aromatic heterocycles. The molecule has 1 fully saturated rings. The van der Waals surface area contributed by atoms with Crippen LogP contribution in [0.3, 0.4) is 0 Å². The Morgan fingerprint density at radius 2 is 2.30 bits per heavy atom. The molecule has 0 radical (unpaired) electrons. The Kier molecular flexibility index (Phi) is 2.09. The normalized spacial score (nSPS) is 25.0. The van der Waals surface area contributed by atoms with Crippen LogP contribution in [0.4, 0.5) is 0 Å². The molecule has 0 spiro atoms. The lowest BCUT2D eigenvalue weighted by Crippen LogP contribution is -2.39. The molecule has 1 unspecified atom stereocenters. The topological polar surface area (TPSA) is 37.3 Å². The minimum atomic E-state index is -0.158. The van der Waals surface area contributed by atoms with Gasteiger partial charge in [0.15, 0.2) is 0 Å². The van der Waals surface area contributed by atoms with Crippen LogP contribution in [0.1, 0.15) is 26.2 Å². The van der Waals surface area contributed by atoms with Crippen molar-refractivity contribution in [2.24, 2.45) is 11.3 Å². The summed E-state index contributed by atoms with van der Waals surface area (Å²) in [5.74, 6) is 0.152. The van der Waals surface area contributed by atoms with E-state index >= 15 is 0 Å². The molecule has 0 saturated heterocycles. The molecule has 0 aromatic carbocycles. The zero-order valence-corrected chi connectivity index (χ0v) is 6.34. The minimum Gasteiger partial charge on any atom is -0.396 e. The van der Waals surface area contributed by atoms with E-state index in [-0.39, 0.29) is 17.9 Å². The fourth-order valence-corrected chi connectivity index (χ4v) is 1.49. The summed E-state index contributed by atoms with van der Waals surface area (Å²) >= 11 is 0. The summed E-state index contributed by atoms with van der Waals surface area (Å²) in [5, 5.41) is 8.81. The lowest BCUT2D eigenvalue weighted by atomic mass is 9.63. The maximum Gasteiger partial charge on any atom is 0.126 e. The third kappa shape index (κ3) is 0.966. The SMILES string of the molecule is CC(CO)C1(C=O)CCC1. The van der Waals surface area contributed by atoms with E-state index in [1.54, 1.807) is 0 Å². The van der Waals surface area contributed by atoms with Crippen molar-refractivity contribution in [1.29, 1.82) is 0 Å². The Hall–Kier alpha value is -0.370. The second-order valence-corrected chi connectivity index (χ2v) is 3.29. The highest BCUT2D eigenvalue weighted by Crippen LogP contribution is 2.44. The molecule has 0 aliphatic heterocycles. The maximum absolute atomic E-state index is 10.6. The van der Waals surface area contributed by atoms with Gasteiger partial charge in [0.25, 0.3) is 0 Å². The number of carbonyl (C=O) groups excluding carboxylic acids is 1. The van der Waals surface area contributed by atoms with Crippen LogP contribution in [0.2, 0.25) is 0 Å². The minimum absolute atomic E-state index is 0.138. The average Bonchev–Trinajstić information content (AvgIpc) is 1.86. The van der Waals surface area contributed by atoms with Crippen LogP contribution in [0, 0.1) is 11.3 Å². The predicted molar refractivity (Wildman–Crippen MR) is 38.6 cm³/mol. The van der Waals surface area contributed by atoms with Gasteiger partial charge in [-0.15, -0.1) is 0 Å². The number of carbonyl (C=O) groups is 1. The quantitative estimate of drug-likeness (QED) is 0.596. The molecule has 1 rings (SSSR count). The van der Waals surface area contributed by atoms with E-state index in [4.69, 9.17) is 5.11 Å². The molecule has 1 atom stereocenters. The van der Waals surface area contributed by atoms with Gasteiger partial charge in [-0.2, -0.15) is 0 Å². The molecule has 58 valence electrons. The second kappa shape index (κ2) is 2.70. The van der Waals surface area contributed by atoms with Crippen molar-refractivity contribution in [3.05, 3.63) is 0 Å². The summed E-state index contributed by atoms with van der Waals surface area (Å²) in [6.07, 6.45) is 4.11. The first kappa shape index (κ1) is 7.73. The molecule has 2 heteroatoms. The van der Waals surface area contributed by atoms with Gasteiger partial charge in [-0.05, 0) is 18.8 Å². The second-order valence-electron chi connectivity index (χ2n) is 3.29. The van der Waals surface area contributed by atoms with E-state index in [0.717, 1.165) is 25.5 Å². The standard InChI is InChI=1S/C8H14O2/c1-7(5-9)8(6-10)3-2-4-8/h6-7,9H,2-5H2,1H3. The lowest BCUT2D eigenvalue weighted by Gasteiger charge is -2.41. The van der Waals surface area contributed by atoms with E-state index in [9.17, 15) is 4.79 Å². The summed E-state index contributed by atoms with van der Waals surface area (Å²) in [6.45, 7) is 2.08. The molecule has 0 bridgehead atoms. The Morgan fingerprint density at radius 1 is 1.70 bits per heavy atom. The van der Waals surface area contributed by atoms with Crippen LogP contribution in [0.5, 0.6) is 0 Å². The molecule has 1 aliphatic rings. The zero-order valence-electron chi connectivity index (χ0n) is 6.34. The van der Waals surface area contributed by atoms with Gasteiger partial charge in [0.1, 0.15) is 6.29 Å². The smallest absolute Gasteiger partial charge is 0.126 e. The molecule has 0 heterocycles. The van der Waals surface area contributed by atoms with Crippen LogP contribution in [0.15, 0.2) is 0 Å². The van der Waals surface area contributed by atoms with Gasteiger partial charge in [0, 0.05) is 12.0 Å². The van der Waals surface area contributed by atoms with Gasteiger partial charge < -0.3 is 9.90 Å². The van der Waals surface area contributed by atoms with Crippen molar-refractivity contribution in [3.63, 3.8) is 0 Å². The number of rotatable bonds is 3. The largest absolute Gasteiger partial charge is 0.396 e. The van der Waals surface area contributed by atoms with E-state index in [1.807, 2.05) is 6.92 Å². The van der Waals surface area contributed by atoms with Crippen LogP contribution < -0.4 is 0 Å². The molecular weight excluding hydrogens is 128 g/mol. The van der Waals surface area contributed by atoms with Gasteiger partial charge >= 0.3 is 0 Å². The number of aldehydes is 1. The highest BCUT2D eigenvalue weighted by molar-refractivity contribution is 5.61. The van der Waals surface area contributed by atoms with Gasteiger partial charge in [0.05, 0.1) is 0 Å². The maximum atomic E-state index is 10.6. The Morgan fingerprint density at radius 3 is 2.40 bits per heavy atom. The van der Waals surface area contributed by atoms with Gasteiger partial charge in [-0.25, -0.2) is 0 Å². The number of hydrogen-bond acceptors (Lipinski definition) is 2. The zero-order chi connectivity index (χ0) is 7.61. The van der Waals surface area contributed by atoms with Crippen LogP contribution in [0.25, 0.3) is 0 Å².